The predicted octanol–water partition coefficient (Wildman–Crippen LogP) is 5.69. The summed E-state index contributed by atoms with van der Waals surface area (Å²) in [6, 6.07) is 16.4. The number of halogens is 4. The van der Waals surface area contributed by atoms with Gasteiger partial charge in [0.1, 0.15) is 11.6 Å². The zero-order valence-corrected chi connectivity index (χ0v) is 15.6. The number of alkyl halides is 3. The summed E-state index contributed by atoms with van der Waals surface area (Å²) < 4.78 is 53.8. The summed E-state index contributed by atoms with van der Waals surface area (Å²) in [5.41, 5.74) is 4.06. The Morgan fingerprint density at radius 1 is 1.00 bits per heavy atom. The van der Waals surface area contributed by atoms with E-state index in [-0.39, 0.29) is 11.6 Å². The van der Waals surface area contributed by atoms with E-state index in [9.17, 15) is 17.6 Å². The first-order chi connectivity index (χ1) is 14.4. The van der Waals surface area contributed by atoms with Crippen LogP contribution < -0.4 is 5.43 Å². The molecule has 0 spiro atoms. The SMILES string of the molecule is Fc1ccccc1Cn1cc(/C=N\Nc2ccc(C(F)(F)F)cn2)c2ccccc21. The first-order valence-corrected chi connectivity index (χ1v) is 9.05. The van der Waals surface area contributed by atoms with Crippen LogP contribution >= 0.6 is 0 Å². The maximum absolute atomic E-state index is 14.0. The third kappa shape index (κ3) is 4.17. The van der Waals surface area contributed by atoms with E-state index in [4.69, 9.17) is 0 Å². The fourth-order valence-electron chi connectivity index (χ4n) is 3.11. The number of nitrogens with one attached hydrogen (secondary N) is 1. The molecule has 4 nitrogen and oxygen atoms in total. The summed E-state index contributed by atoms with van der Waals surface area (Å²) in [5.74, 6) is -0.0881. The Labute approximate surface area is 169 Å². The topological polar surface area (TPSA) is 42.2 Å². The van der Waals surface area contributed by atoms with E-state index in [0.29, 0.717) is 12.1 Å². The molecule has 8 heteroatoms. The fourth-order valence-corrected chi connectivity index (χ4v) is 3.11. The summed E-state index contributed by atoms with van der Waals surface area (Å²) in [5, 5.41) is 5.00. The Hall–Kier alpha value is -3.68. The molecule has 2 heterocycles. The maximum atomic E-state index is 14.0. The van der Waals surface area contributed by atoms with Crippen molar-refractivity contribution in [3.63, 3.8) is 0 Å². The first-order valence-electron chi connectivity index (χ1n) is 9.05. The molecule has 0 amide bonds. The second-order valence-corrected chi connectivity index (χ2v) is 6.62. The number of benzene rings is 2. The van der Waals surface area contributed by atoms with Crippen molar-refractivity contribution in [3.05, 3.63) is 95.6 Å². The van der Waals surface area contributed by atoms with E-state index in [1.807, 2.05) is 35.0 Å². The van der Waals surface area contributed by atoms with Gasteiger partial charge in [0.25, 0.3) is 0 Å². The normalized spacial score (nSPS) is 12.0. The summed E-state index contributed by atoms with van der Waals surface area (Å²) in [6.45, 7) is 0.356. The maximum Gasteiger partial charge on any atom is 0.417 e. The molecule has 2 aromatic heterocycles. The molecule has 0 radical (unpaired) electrons. The van der Waals surface area contributed by atoms with Crippen LogP contribution in [0.1, 0.15) is 16.7 Å². The van der Waals surface area contributed by atoms with Crippen LogP contribution in [0.4, 0.5) is 23.4 Å². The molecule has 0 aliphatic carbocycles. The average Bonchev–Trinajstić information content (AvgIpc) is 3.07. The van der Waals surface area contributed by atoms with Gasteiger partial charge < -0.3 is 4.57 Å². The van der Waals surface area contributed by atoms with Crippen LogP contribution in [0, 0.1) is 5.82 Å². The molecule has 2 aromatic carbocycles. The summed E-state index contributed by atoms with van der Waals surface area (Å²) in [4.78, 5) is 3.72. The number of hydrazone groups is 1. The van der Waals surface area contributed by atoms with Crippen LogP contribution in [0.25, 0.3) is 10.9 Å². The lowest BCUT2D eigenvalue weighted by atomic mass is 10.2. The van der Waals surface area contributed by atoms with Crippen molar-refractivity contribution in [1.29, 1.82) is 0 Å². The minimum atomic E-state index is -4.44. The van der Waals surface area contributed by atoms with Gasteiger partial charge in [-0.1, -0.05) is 36.4 Å². The summed E-state index contributed by atoms with van der Waals surface area (Å²) in [7, 11) is 0. The molecule has 4 rings (SSSR count). The van der Waals surface area contributed by atoms with E-state index in [0.717, 1.165) is 28.7 Å². The van der Waals surface area contributed by atoms with Crippen molar-refractivity contribution in [2.75, 3.05) is 5.43 Å². The van der Waals surface area contributed by atoms with Gasteiger partial charge in [0.15, 0.2) is 0 Å². The number of rotatable bonds is 5. The standard InChI is InChI=1S/C22H16F4N4/c23-19-7-3-1-5-15(19)13-30-14-16(18-6-2-4-8-20(18)30)11-28-29-21-10-9-17(12-27-21)22(24,25)26/h1-12,14H,13H2,(H,27,29)/b28-11-. The molecule has 30 heavy (non-hydrogen) atoms. The van der Waals surface area contributed by atoms with Gasteiger partial charge in [-0.25, -0.2) is 9.37 Å². The Kier molecular flexibility index (Phi) is 5.22. The molecule has 0 atom stereocenters. The van der Waals surface area contributed by atoms with Gasteiger partial charge in [0.05, 0.1) is 18.3 Å². The molecule has 0 fully saturated rings. The van der Waals surface area contributed by atoms with E-state index in [1.54, 1.807) is 24.4 Å². The lowest BCUT2D eigenvalue weighted by molar-refractivity contribution is -0.137. The Balaban J connectivity index is 1.56. The molecule has 4 aromatic rings. The van der Waals surface area contributed by atoms with Crippen molar-refractivity contribution in [1.82, 2.24) is 9.55 Å². The molecular weight excluding hydrogens is 396 g/mol. The monoisotopic (exact) mass is 412 g/mol. The van der Waals surface area contributed by atoms with Crippen LogP contribution in [0.5, 0.6) is 0 Å². The minimum Gasteiger partial charge on any atom is -0.342 e. The number of aromatic nitrogens is 2. The average molecular weight is 412 g/mol. The smallest absolute Gasteiger partial charge is 0.342 e. The van der Waals surface area contributed by atoms with Gasteiger partial charge in [-0.2, -0.15) is 18.3 Å². The van der Waals surface area contributed by atoms with E-state index >= 15 is 0 Å². The van der Waals surface area contributed by atoms with E-state index in [2.05, 4.69) is 15.5 Å². The van der Waals surface area contributed by atoms with Crippen molar-refractivity contribution in [3.8, 4) is 0 Å². The molecule has 0 aliphatic heterocycles. The van der Waals surface area contributed by atoms with E-state index in [1.165, 1.54) is 12.1 Å². The summed E-state index contributed by atoms with van der Waals surface area (Å²) >= 11 is 0. The van der Waals surface area contributed by atoms with Gasteiger partial charge in [0, 0.05) is 34.4 Å². The van der Waals surface area contributed by atoms with Crippen molar-refractivity contribution in [2.24, 2.45) is 5.10 Å². The predicted molar refractivity (Wildman–Crippen MR) is 108 cm³/mol. The zero-order chi connectivity index (χ0) is 21.1. The van der Waals surface area contributed by atoms with Crippen LogP contribution in [-0.2, 0) is 12.7 Å². The highest BCUT2D eigenvalue weighted by atomic mass is 19.4. The number of fused-ring (bicyclic) bond motifs is 1. The van der Waals surface area contributed by atoms with E-state index < -0.39 is 11.7 Å². The highest BCUT2D eigenvalue weighted by Crippen LogP contribution is 2.29. The zero-order valence-electron chi connectivity index (χ0n) is 15.6. The highest BCUT2D eigenvalue weighted by Gasteiger charge is 2.30. The van der Waals surface area contributed by atoms with Crippen LogP contribution in [0.2, 0.25) is 0 Å². The van der Waals surface area contributed by atoms with Crippen molar-refractivity contribution < 1.29 is 17.6 Å². The number of para-hydroxylation sites is 1. The van der Waals surface area contributed by atoms with Crippen LogP contribution in [0.3, 0.4) is 0 Å². The van der Waals surface area contributed by atoms with Gasteiger partial charge >= 0.3 is 6.18 Å². The molecule has 0 saturated heterocycles. The van der Waals surface area contributed by atoms with Crippen LogP contribution in [0.15, 0.2) is 78.2 Å². The number of hydrogen-bond acceptors (Lipinski definition) is 3. The second kappa shape index (κ2) is 7.98. The minimum absolute atomic E-state index is 0.189. The number of pyridine rings is 1. The Bertz CT molecular complexity index is 1190. The lowest BCUT2D eigenvalue weighted by Gasteiger charge is -2.06. The molecule has 0 unspecified atom stereocenters. The molecule has 152 valence electrons. The first kappa shape index (κ1) is 19.6. The van der Waals surface area contributed by atoms with Gasteiger partial charge in [0.2, 0.25) is 0 Å². The number of hydrogen-bond donors (Lipinski definition) is 1. The fraction of sp³-hybridized carbons (Fsp3) is 0.0909. The third-order valence-corrected chi connectivity index (χ3v) is 4.59. The number of anilines is 1. The lowest BCUT2D eigenvalue weighted by Crippen LogP contribution is -2.05. The number of nitrogens with zero attached hydrogens (tertiary/aromatic N) is 3. The third-order valence-electron chi connectivity index (χ3n) is 4.59. The highest BCUT2D eigenvalue weighted by molar-refractivity contribution is 5.99. The molecule has 1 N–H and O–H groups in total. The Morgan fingerprint density at radius 3 is 2.50 bits per heavy atom. The van der Waals surface area contributed by atoms with Crippen LogP contribution in [-0.4, -0.2) is 15.8 Å². The van der Waals surface area contributed by atoms with Gasteiger partial charge in [-0.15, -0.1) is 0 Å². The molecule has 0 saturated carbocycles. The molecule has 0 bridgehead atoms. The van der Waals surface area contributed by atoms with Gasteiger partial charge in [-0.3, -0.25) is 5.43 Å². The largest absolute Gasteiger partial charge is 0.417 e. The second-order valence-electron chi connectivity index (χ2n) is 6.62. The van der Waals surface area contributed by atoms with Crippen molar-refractivity contribution >= 4 is 22.9 Å². The molecule has 0 aliphatic rings. The summed E-state index contributed by atoms with van der Waals surface area (Å²) in [6.07, 6.45) is -0.283. The van der Waals surface area contributed by atoms with Crippen molar-refractivity contribution in [2.45, 2.75) is 12.7 Å². The Morgan fingerprint density at radius 2 is 1.77 bits per heavy atom. The quantitative estimate of drug-likeness (QED) is 0.260. The molecular formula is C22H16F4N4. The van der Waals surface area contributed by atoms with Gasteiger partial charge in [-0.05, 0) is 24.3 Å².